The number of unbranched alkanes of at least 4 members (excludes halogenated alkanes) is 15. The zero-order valence-corrected chi connectivity index (χ0v) is 36.2. The SMILES string of the molecule is CCCCC/C=C\C/C=C\C/C=C\C/C=C\CCCC(=O)O[C@H](COC(=O)CCCCCCCCCCCCCC)COP(=O)(O)OC1C(O)C(O)C(O)[C@@H](O)C1O. The van der Waals surface area contributed by atoms with Crippen LogP contribution in [0.15, 0.2) is 48.6 Å². The minimum Gasteiger partial charge on any atom is -0.462 e. The molecule has 8 atom stereocenters. The lowest BCUT2D eigenvalue weighted by molar-refractivity contribution is -0.220. The molecule has 1 fully saturated rings. The van der Waals surface area contributed by atoms with Crippen LogP contribution in [0.4, 0.5) is 0 Å². The van der Waals surface area contributed by atoms with Gasteiger partial charge in [0.05, 0.1) is 6.61 Å². The third kappa shape index (κ3) is 26.8. The van der Waals surface area contributed by atoms with Crippen LogP contribution in [0, 0.1) is 0 Å². The van der Waals surface area contributed by atoms with E-state index in [9.17, 15) is 44.6 Å². The van der Waals surface area contributed by atoms with E-state index in [1.165, 1.54) is 70.6 Å². The minimum atomic E-state index is -5.13. The Bertz CT molecular complexity index is 1210. The van der Waals surface area contributed by atoms with Crippen LogP contribution in [0.3, 0.4) is 0 Å². The molecule has 1 rings (SSSR count). The summed E-state index contributed by atoms with van der Waals surface area (Å²) in [5.74, 6) is -1.17. The van der Waals surface area contributed by atoms with Gasteiger partial charge in [-0.05, 0) is 51.4 Å². The molecule has 0 amide bonds. The van der Waals surface area contributed by atoms with Gasteiger partial charge in [0.15, 0.2) is 6.10 Å². The van der Waals surface area contributed by atoms with E-state index < -0.39 is 75.7 Å². The maximum Gasteiger partial charge on any atom is 0.472 e. The maximum atomic E-state index is 12.8. The van der Waals surface area contributed by atoms with Crippen LogP contribution in [-0.2, 0) is 32.7 Å². The van der Waals surface area contributed by atoms with Gasteiger partial charge in [-0.2, -0.15) is 0 Å². The third-order valence-electron chi connectivity index (χ3n) is 9.92. The van der Waals surface area contributed by atoms with Crippen LogP contribution < -0.4 is 0 Å². The van der Waals surface area contributed by atoms with Crippen molar-refractivity contribution in [3.63, 3.8) is 0 Å². The molecular weight excluding hydrogens is 767 g/mol. The van der Waals surface area contributed by atoms with Crippen LogP contribution in [0.2, 0.25) is 0 Å². The number of hydrogen-bond donors (Lipinski definition) is 6. The molecule has 0 aromatic rings. The van der Waals surface area contributed by atoms with E-state index in [1.807, 2.05) is 12.2 Å². The molecule has 0 radical (unpaired) electrons. The fourth-order valence-corrected chi connectivity index (χ4v) is 7.31. The van der Waals surface area contributed by atoms with Crippen LogP contribution in [0.25, 0.3) is 0 Å². The van der Waals surface area contributed by atoms with Gasteiger partial charge in [-0.15, -0.1) is 0 Å². The molecule has 1 aliphatic rings. The number of rotatable bonds is 35. The average Bonchev–Trinajstić information content (AvgIpc) is 3.20. The van der Waals surface area contributed by atoms with E-state index in [0.717, 1.165) is 44.9 Å². The van der Waals surface area contributed by atoms with Crippen molar-refractivity contribution >= 4 is 19.8 Å². The summed E-state index contributed by atoms with van der Waals surface area (Å²) in [6.45, 7) is 3.20. The molecule has 6 unspecified atom stereocenters. The van der Waals surface area contributed by atoms with Gasteiger partial charge in [0, 0.05) is 12.8 Å². The highest BCUT2D eigenvalue weighted by Gasteiger charge is 2.51. The van der Waals surface area contributed by atoms with Gasteiger partial charge < -0.3 is 39.9 Å². The summed E-state index contributed by atoms with van der Waals surface area (Å²) in [5.41, 5.74) is 0. The van der Waals surface area contributed by atoms with Crippen LogP contribution in [-0.4, -0.2) is 98.3 Å². The number of allylic oxidation sites excluding steroid dienone is 8. The summed E-state index contributed by atoms with van der Waals surface area (Å²) >= 11 is 0. The van der Waals surface area contributed by atoms with Gasteiger partial charge in [0.1, 0.15) is 43.2 Å². The van der Waals surface area contributed by atoms with Crippen molar-refractivity contribution in [3.8, 4) is 0 Å². The number of ether oxygens (including phenoxy) is 2. The third-order valence-corrected chi connectivity index (χ3v) is 10.9. The maximum absolute atomic E-state index is 12.8. The Morgan fingerprint density at radius 1 is 0.534 bits per heavy atom. The Kier molecular flexibility index (Phi) is 32.0. The number of hydrogen-bond acceptors (Lipinski definition) is 12. The molecule has 13 nitrogen and oxygen atoms in total. The van der Waals surface area contributed by atoms with E-state index in [2.05, 4.69) is 50.3 Å². The van der Waals surface area contributed by atoms with Crippen molar-refractivity contribution in [1.82, 2.24) is 0 Å². The number of esters is 2. The first-order valence-electron chi connectivity index (χ1n) is 21.9. The van der Waals surface area contributed by atoms with E-state index in [-0.39, 0.29) is 12.8 Å². The quantitative estimate of drug-likeness (QED) is 0.0155. The number of carbonyl (C=O) groups excluding carboxylic acids is 2. The average molecular weight is 845 g/mol. The summed E-state index contributed by atoms with van der Waals surface area (Å²) in [5, 5.41) is 50.0. The van der Waals surface area contributed by atoms with Gasteiger partial charge in [-0.25, -0.2) is 4.57 Å². The fourth-order valence-electron chi connectivity index (χ4n) is 6.34. The van der Waals surface area contributed by atoms with Gasteiger partial charge in [-0.3, -0.25) is 18.6 Å². The number of carbonyl (C=O) groups is 2. The molecule has 0 aromatic carbocycles. The lowest BCUT2D eigenvalue weighted by Crippen LogP contribution is -2.64. The summed E-state index contributed by atoms with van der Waals surface area (Å²) in [6, 6.07) is 0. The number of phosphoric acid groups is 1. The van der Waals surface area contributed by atoms with E-state index in [0.29, 0.717) is 19.3 Å². The largest absolute Gasteiger partial charge is 0.472 e. The Hall–Kier alpha value is -2.19. The summed E-state index contributed by atoms with van der Waals surface area (Å²) in [7, 11) is -5.13. The molecule has 58 heavy (non-hydrogen) atoms. The second kappa shape index (κ2) is 34.5. The number of aliphatic hydroxyl groups excluding tert-OH is 5. The Labute approximate surface area is 348 Å². The van der Waals surface area contributed by atoms with Crippen molar-refractivity contribution in [3.05, 3.63) is 48.6 Å². The topological polar surface area (TPSA) is 210 Å². The predicted octanol–water partition coefficient (Wildman–Crippen LogP) is 8.00. The number of aliphatic hydroxyl groups is 5. The van der Waals surface area contributed by atoms with Gasteiger partial charge in [0.2, 0.25) is 0 Å². The molecule has 0 aliphatic heterocycles. The Morgan fingerprint density at radius 3 is 1.47 bits per heavy atom. The molecule has 6 N–H and O–H groups in total. The van der Waals surface area contributed by atoms with Crippen LogP contribution in [0.5, 0.6) is 0 Å². The Balaban J connectivity index is 2.54. The van der Waals surface area contributed by atoms with E-state index in [1.54, 1.807) is 0 Å². The van der Waals surface area contributed by atoms with Gasteiger partial charge in [-0.1, -0.05) is 146 Å². The molecule has 0 saturated heterocycles. The van der Waals surface area contributed by atoms with Gasteiger partial charge in [0.25, 0.3) is 0 Å². The summed E-state index contributed by atoms with van der Waals surface area (Å²) < 4.78 is 33.4. The van der Waals surface area contributed by atoms with Crippen molar-refractivity contribution in [1.29, 1.82) is 0 Å². The minimum absolute atomic E-state index is 0.0210. The summed E-state index contributed by atoms with van der Waals surface area (Å²) in [6.07, 6.45) is 26.1. The van der Waals surface area contributed by atoms with E-state index >= 15 is 0 Å². The highest BCUT2D eigenvalue weighted by molar-refractivity contribution is 7.47. The first-order valence-corrected chi connectivity index (χ1v) is 23.4. The number of phosphoric ester groups is 1. The lowest BCUT2D eigenvalue weighted by atomic mass is 9.85. The first-order chi connectivity index (χ1) is 27.9. The normalized spacial score (nSPS) is 23.0. The predicted molar refractivity (Wildman–Crippen MR) is 226 cm³/mol. The van der Waals surface area contributed by atoms with Crippen molar-refractivity contribution < 1.29 is 63.1 Å². The molecule has 0 heterocycles. The van der Waals surface area contributed by atoms with Crippen molar-refractivity contribution in [2.24, 2.45) is 0 Å². The second-order valence-corrected chi connectivity index (χ2v) is 16.6. The highest BCUT2D eigenvalue weighted by atomic mass is 31.2. The zero-order valence-electron chi connectivity index (χ0n) is 35.3. The molecule has 0 spiro atoms. The monoisotopic (exact) mass is 845 g/mol. The van der Waals surface area contributed by atoms with E-state index in [4.69, 9.17) is 18.5 Å². The molecule has 14 heteroatoms. The van der Waals surface area contributed by atoms with Crippen LogP contribution in [0.1, 0.15) is 162 Å². The lowest BCUT2D eigenvalue weighted by Gasteiger charge is -2.41. The zero-order chi connectivity index (χ0) is 42.9. The highest BCUT2D eigenvalue weighted by Crippen LogP contribution is 2.47. The van der Waals surface area contributed by atoms with Gasteiger partial charge >= 0.3 is 19.8 Å². The molecule has 0 bridgehead atoms. The molecule has 1 aliphatic carbocycles. The second-order valence-electron chi connectivity index (χ2n) is 15.2. The van der Waals surface area contributed by atoms with Crippen LogP contribution >= 0.6 is 7.82 Å². The summed E-state index contributed by atoms with van der Waals surface area (Å²) in [4.78, 5) is 35.6. The van der Waals surface area contributed by atoms with Crippen molar-refractivity contribution in [2.45, 2.75) is 204 Å². The fraction of sp³-hybridized carbons (Fsp3) is 0.773. The molecular formula is C44H77O13P. The molecule has 1 saturated carbocycles. The Morgan fingerprint density at radius 2 is 0.948 bits per heavy atom. The van der Waals surface area contributed by atoms with Crippen molar-refractivity contribution in [2.75, 3.05) is 13.2 Å². The smallest absolute Gasteiger partial charge is 0.462 e. The molecule has 336 valence electrons. The first kappa shape index (κ1) is 53.8. The molecule has 0 aromatic heterocycles. The standard InChI is InChI=1S/C44H77O13P/c1-3-5-7-9-11-13-15-17-18-19-20-21-23-25-27-29-31-33-38(46)56-36(34-54-37(45)32-30-28-26-24-22-16-14-12-10-8-6-4-2)35-55-58(52,53)57-44-42(50)40(48)39(47)41(49)43(44)51/h11,13,17-18,20-21,25,27,36,39-44,47-51H,3-10,12,14-16,19,22-24,26,28-35H2,1-2H3,(H,52,53)/b13-11-,18-17-,21-20-,27-25-/t36-,39?,40-,41?,42?,43?,44?/m1/s1.